The van der Waals surface area contributed by atoms with Crippen LogP contribution in [0.15, 0.2) is 48.5 Å². The quantitative estimate of drug-likeness (QED) is 0.811. The zero-order valence-corrected chi connectivity index (χ0v) is 11.9. The van der Waals surface area contributed by atoms with E-state index in [4.69, 9.17) is 17.3 Å². The van der Waals surface area contributed by atoms with Crippen molar-refractivity contribution < 1.29 is 9.59 Å². The Bertz CT molecular complexity index is 673. The van der Waals surface area contributed by atoms with Crippen molar-refractivity contribution >= 4 is 29.2 Å². The van der Waals surface area contributed by atoms with Gasteiger partial charge in [0.1, 0.15) is 0 Å². The maximum atomic E-state index is 12.1. The van der Waals surface area contributed by atoms with Gasteiger partial charge in [0.25, 0.3) is 5.91 Å². The van der Waals surface area contributed by atoms with Gasteiger partial charge in [-0.05, 0) is 35.9 Å². The van der Waals surface area contributed by atoms with E-state index in [9.17, 15) is 9.59 Å². The number of benzene rings is 2. The van der Waals surface area contributed by atoms with Crippen LogP contribution in [0.4, 0.5) is 10.5 Å². The molecule has 3 amide bonds. The fraction of sp³-hybridized carbons (Fsp3) is 0.0667. The van der Waals surface area contributed by atoms with Crippen LogP contribution in [0, 0.1) is 0 Å². The molecule has 0 unspecified atom stereocenters. The van der Waals surface area contributed by atoms with Crippen molar-refractivity contribution in [2.45, 2.75) is 6.54 Å². The number of carbonyl (C=O) groups excluding carboxylic acids is 2. The Kier molecular flexibility index (Phi) is 4.79. The Morgan fingerprint density at radius 1 is 1.10 bits per heavy atom. The number of anilines is 1. The molecule has 0 aliphatic heterocycles. The molecule has 0 aromatic heterocycles. The summed E-state index contributed by atoms with van der Waals surface area (Å²) in [4.78, 5) is 22.8. The number of hydrogen-bond acceptors (Lipinski definition) is 2. The molecule has 0 saturated carbocycles. The average molecular weight is 304 g/mol. The zero-order valence-electron chi connectivity index (χ0n) is 11.1. The minimum atomic E-state index is -0.675. The minimum absolute atomic E-state index is 0.247. The molecule has 0 radical (unpaired) electrons. The molecule has 0 atom stereocenters. The number of carbonyl (C=O) groups is 2. The number of nitrogens with two attached hydrogens (primary N) is 1. The van der Waals surface area contributed by atoms with Crippen molar-refractivity contribution in [3.63, 3.8) is 0 Å². The predicted molar refractivity (Wildman–Crippen MR) is 82.3 cm³/mol. The first-order valence-electron chi connectivity index (χ1n) is 6.24. The predicted octanol–water partition coefficient (Wildman–Crippen LogP) is 2.76. The Morgan fingerprint density at radius 2 is 1.86 bits per heavy atom. The maximum absolute atomic E-state index is 12.1. The van der Waals surface area contributed by atoms with Gasteiger partial charge in [-0.3, -0.25) is 4.79 Å². The van der Waals surface area contributed by atoms with Crippen molar-refractivity contribution in [2.24, 2.45) is 5.73 Å². The molecular weight excluding hydrogens is 290 g/mol. The molecule has 0 spiro atoms. The summed E-state index contributed by atoms with van der Waals surface area (Å²) < 4.78 is 0. The molecule has 2 rings (SSSR count). The van der Waals surface area contributed by atoms with Gasteiger partial charge in [-0.15, -0.1) is 0 Å². The first-order valence-corrected chi connectivity index (χ1v) is 6.61. The smallest absolute Gasteiger partial charge is 0.316 e. The van der Waals surface area contributed by atoms with Gasteiger partial charge in [-0.25, -0.2) is 4.79 Å². The third-order valence-electron chi connectivity index (χ3n) is 2.73. The van der Waals surface area contributed by atoms with Crippen molar-refractivity contribution in [3.8, 4) is 0 Å². The highest BCUT2D eigenvalue weighted by Gasteiger charge is 2.07. The summed E-state index contributed by atoms with van der Waals surface area (Å²) in [6.07, 6.45) is 0. The van der Waals surface area contributed by atoms with Crippen molar-refractivity contribution in [2.75, 3.05) is 5.32 Å². The van der Waals surface area contributed by atoms with Gasteiger partial charge in [0, 0.05) is 22.8 Å². The summed E-state index contributed by atoms with van der Waals surface area (Å²) in [5, 5.41) is 5.82. The topological polar surface area (TPSA) is 84.2 Å². The first-order chi connectivity index (χ1) is 10.0. The van der Waals surface area contributed by atoms with Gasteiger partial charge < -0.3 is 16.4 Å². The monoisotopic (exact) mass is 303 g/mol. The molecule has 0 fully saturated rings. The summed E-state index contributed by atoms with van der Waals surface area (Å²) in [7, 11) is 0. The van der Waals surface area contributed by atoms with Crippen LogP contribution in [-0.2, 0) is 6.54 Å². The van der Waals surface area contributed by atoms with E-state index in [-0.39, 0.29) is 5.91 Å². The molecule has 2 aromatic carbocycles. The highest BCUT2D eigenvalue weighted by molar-refractivity contribution is 6.30. The van der Waals surface area contributed by atoms with E-state index in [1.54, 1.807) is 36.4 Å². The van der Waals surface area contributed by atoms with Gasteiger partial charge in [0.05, 0.1) is 0 Å². The van der Waals surface area contributed by atoms with Gasteiger partial charge in [-0.2, -0.15) is 0 Å². The van der Waals surface area contributed by atoms with Crippen LogP contribution in [-0.4, -0.2) is 11.9 Å². The van der Waals surface area contributed by atoms with E-state index in [0.717, 1.165) is 5.56 Å². The van der Waals surface area contributed by atoms with Crippen LogP contribution in [0.3, 0.4) is 0 Å². The van der Waals surface area contributed by atoms with Crippen LogP contribution < -0.4 is 16.4 Å². The molecule has 4 N–H and O–H groups in total. The van der Waals surface area contributed by atoms with Crippen molar-refractivity contribution in [3.05, 3.63) is 64.7 Å². The third kappa shape index (κ3) is 4.50. The largest absolute Gasteiger partial charge is 0.351 e. The fourth-order valence-corrected chi connectivity index (χ4v) is 2.02. The molecule has 5 nitrogen and oxygen atoms in total. The number of nitrogens with one attached hydrogen (secondary N) is 2. The van der Waals surface area contributed by atoms with E-state index in [0.29, 0.717) is 22.8 Å². The van der Waals surface area contributed by atoms with E-state index >= 15 is 0 Å². The first kappa shape index (κ1) is 14.9. The zero-order chi connectivity index (χ0) is 15.2. The normalized spacial score (nSPS) is 9.95. The molecule has 0 bridgehead atoms. The molecule has 0 saturated heterocycles. The lowest BCUT2D eigenvalue weighted by Gasteiger charge is -2.07. The second kappa shape index (κ2) is 6.76. The number of hydrogen-bond donors (Lipinski definition) is 3. The standard InChI is InChI=1S/C15H14ClN3O2/c16-12-5-1-3-10(7-12)9-18-14(20)11-4-2-6-13(8-11)19-15(17)21/h1-8H,9H2,(H,18,20)(H3,17,19,21). The molecule has 0 aliphatic carbocycles. The number of halogens is 1. The van der Waals surface area contributed by atoms with Crippen LogP contribution >= 0.6 is 11.6 Å². The van der Waals surface area contributed by atoms with Gasteiger partial charge in [0.2, 0.25) is 0 Å². The molecule has 21 heavy (non-hydrogen) atoms. The highest BCUT2D eigenvalue weighted by Crippen LogP contribution is 2.12. The summed E-state index contributed by atoms with van der Waals surface area (Å²) in [6, 6.07) is 13.1. The van der Waals surface area contributed by atoms with E-state index in [1.165, 1.54) is 0 Å². The Hall–Kier alpha value is -2.53. The molecular formula is C15H14ClN3O2. The lowest BCUT2D eigenvalue weighted by Crippen LogP contribution is -2.23. The second-order valence-corrected chi connectivity index (χ2v) is 4.82. The number of rotatable bonds is 4. The van der Waals surface area contributed by atoms with Gasteiger partial charge in [0.15, 0.2) is 0 Å². The summed E-state index contributed by atoms with van der Waals surface area (Å²) in [5.41, 5.74) is 6.85. The van der Waals surface area contributed by atoms with E-state index < -0.39 is 6.03 Å². The van der Waals surface area contributed by atoms with E-state index in [2.05, 4.69) is 10.6 Å². The molecule has 0 aliphatic rings. The average Bonchev–Trinajstić information content (AvgIpc) is 2.44. The SMILES string of the molecule is NC(=O)Nc1cccc(C(=O)NCc2cccc(Cl)c2)c1. The Balaban J connectivity index is 2.01. The van der Waals surface area contributed by atoms with E-state index in [1.807, 2.05) is 12.1 Å². The minimum Gasteiger partial charge on any atom is -0.351 e. The Morgan fingerprint density at radius 3 is 2.57 bits per heavy atom. The lowest BCUT2D eigenvalue weighted by molar-refractivity contribution is 0.0951. The number of amides is 3. The van der Waals surface area contributed by atoms with Crippen molar-refractivity contribution in [1.29, 1.82) is 0 Å². The summed E-state index contributed by atoms with van der Waals surface area (Å²) in [6.45, 7) is 0.368. The molecule has 6 heteroatoms. The van der Waals surface area contributed by atoms with Gasteiger partial charge in [-0.1, -0.05) is 29.8 Å². The second-order valence-electron chi connectivity index (χ2n) is 4.38. The summed E-state index contributed by atoms with van der Waals surface area (Å²) in [5.74, 6) is -0.247. The molecule has 0 heterocycles. The fourth-order valence-electron chi connectivity index (χ4n) is 1.81. The number of primary amides is 1. The van der Waals surface area contributed by atoms with Crippen LogP contribution in [0.25, 0.3) is 0 Å². The lowest BCUT2D eigenvalue weighted by atomic mass is 10.1. The third-order valence-corrected chi connectivity index (χ3v) is 2.97. The van der Waals surface area contributed by atoms with Crippen LogP contribution in [0.2, 0.25) is 5.02 Å². The number of urea groups is 1. The van der Waals surface area contributed by atoms with Crippen LogP contribution in [0.1, 0.15) is 15.9 Å². The Labute approximate surface area is 127 Å². The molecule has 108 valence electrons. The highest BCUT2D eigenvalue weighted by atomic mass is 35.5. The van der Waals surface area contributed by atoms with Crippen LogP contribution in [0.5, 0.6) is 0 Å². The van der Waals surface area contributed by atoms with Crippen molar-refractivity contribution in [1.82, 2.24) is 5.32 Å². The molecule has 2 aromatic rings. The summed E-state index contributed by atoms with van der Waals surface area (Å²) >= 11 is 5.88. The maximum Gasteiger partial charge on any atom is 0.316 e. The van der Waals surface area contributed by atoms with Gasteiger partial charge >= 0.3 is 6.03 Å².